The molecule has 1 nitrogen and oxygen atoms in total. The van der Waals surface area contributed by atoms with Crippen molar-refractivity contribution in [3.8, 4) is 0 Å². The van der Waals surface area contributed by atoms with Crippen LogP contribution >= 0.6 is 12.6 Å². The fraction of sp³-hybridized carbons (Fsp3) is 0. The summed E-state index contributed by atoms with van der Waals surface area (Å²) in [7, 11) is 0. The standard InChI is InChI=1S/C8H8OS/c9-6-8(10)7-4-2-1-3-5-7/h1-6,9-10H. The molecule has 2 heteroatoms. The summed E-state index contributed by atoms with van der Waals surface area (Å²) in [6.07, 6.45) is 0.985. The number of thiol groups is 1. The molecule has 0 spiro atoms. The largest absolute Gasteiger partial charge is 0.514 e. The number of aliphatic hydroxyl groups is 1. The minimum atomic E-state index is 0.584. The van der Waals surface area contributed by atoms with Crippen LogP contribution < -0.4 is 0 Å². The molecule has 0 amide bonds. The van der Waals surface area contributed by atoms with Crippen molar-refractivity contribution >= 4 is 17.5 Å². The first-order valence-electron chi connectivity index (χ1n) is 2.93. The summed E-state index contributed by atoms with van der Waals surface area (Å²) in [6.45, 7) is 0. The molecule has 0 fully saturated rings. The van der Waals surface area contributed by atoms with Crippen molar-refractivity contribution in [2.45, 2.75) is 0 Å². The molecule has 0 saturated heterocycles. The third kappa shape index (κ3) is 1.54. The van der Waals surface area contributed by atoms with Crippen molar-refractivity contribution in [1.29, 1.82) is 0 Å². The van der Waals surface area contributed by atoms with Gasteiger partial charge in [0.05, 0.1) is 6.26 Å². The maximum Gasteiger partial charge on any atom is 0.0931 e. The lowest BCUT2D eigenvalue weighted by molar-refractivity contribution is 0.477. The molecule has 1 aromatic carbocycles. The molecule has 0 aliphatic heterocycles. The van der Waals surface area contributed by atoms with Crippen molar-refractivity contribution in [3.63, 3.8) is 0 Å². The first-order chi connectivity index (χ1) is 4.84. The summed E-state index contributed by atoms with van der Waals surface area (Å²) in [4.78, 5) is 0.584. The van der Waals surface area contributed by atoms with Crippen LogP contribution in [0.5, 0.6) is 0 Å². The highest BCUT2D eigenvalue weighted by molar-refractivity contribution is 7.90. The van der Waals surface area contributed by atoms with Crippen molar-refractivity contribution < 1.29 is 5.11 Å². The van der Waals surface area contributed by atoms with Crippen LogP contribution in [-0.2, 0) is 0 Å². The molecule has 1 aromatic rings. The molecule has 0 aromatic heterocycles. The Bertz CT molecular complexity index is 228. The molecule has 0 heterocycles. The summed E-state index contributed by atoms with van der Waals surface area (Å²) in [5.41, 5.74) is 0.924. The van der Waals surface area contributed by atoms with Crippen LogP contribution in [0.15, 0.2) is 36.6 Å². The molecule has 52 valence electrons. The van der Waals surface area contributed by atoms with Gasteiger partial charge >= 0.3 is 0 Å². The first kappa shape index (κ1) is 7.22. The van der Waals surface area contributed by atoms with E-state index in [1.165, 1.54) is 0 Å². The molecule has 0 bridgehead atoms. The normalized spacial score (nSPS) is 11.5. The Morgan fingerprint density at radius 1 is 1.30 bits per heavy atom. The van der Waals surface area contributed by atoms with Gasteiger partial charge < -0.3 is 5.11 Å². The molecule has 0 saturated carbocycles. The van der Waals surface area contributed by atoms with Crippen LogP contribution in [0, 0.1) is 0 Å². The molecule has 1 rings (SSSR count). The molecular weight excluding hydrogens is 144 g/mol. The van der Waals surface area contributed by atoms with Gasteiger partial charge in [-0.3, -0.25) is 0 Å². The summed E-state index contributed by atoms with van der Waals surface area (Å²) in [5, 5.41) is 8.55. The van der Waals surface area contributed by atoms with Crippen LogP contribution in [-0.4, -0.2) is 5.11 Å². The maximum absolute atomic E-state index is 8.55. The predicted octanol–water partition coefficient (Wildman–Crippen LogP) is 2.47. The van der Waals surface area contributed by atoms with Gasteiger partial charge in [0.25, 0.3) is 0 Å². The number of rotatable bonds is 1. The lowest BCUT2D eigenvalue weighted by atomic mass is 10.2. The monoisotopic (exact) mass is 152 g/mol. The van der Waals surface area contributed by atoms with Gasteiger partial charge in [-0.15, -0.1) is 12.6 Å². The van der Waals surface area contributed by atoms with Crippen molar-refractivity contribution in [3.05, 3.63) is 42.2 Å². The highest BCUT2D eigenvalue weighted by atomic mass is 32.1. The Labute approximate surface area is 65.4 Å². The zero-order valence-corrected chi connectivity index (χ0v) is 6.25. The van der Waals surface area contributed by atoms with Gasteiger partial charge in [-0.2, -0.15) is 0 Å². The zero-order valence-electron chi connectivity index (χ0n) is 5.36. The molecule has 0 aliphatic rings. The van der Waals surface area contributed by atoms with Gasteiger partial charge in [0.2, 0.25) is 0 Å². The fourth-order valence-corrected chi connectivity index (χ4v) is 0.833. The average Bonchev–Trinajstić information content (AvgIpc) is 2.05. The SMILES string of the molecule is OC=C(S)c1ccccc1. The molecular formula is C8H8OS. The van der Waals surface area contributed by atoms with E-state index in [1.807, 2.05) is 30.3 Å². The van der Waals surface area contributed by atoms with E-state index in [2.05, 4.69) is 12.6 Å². The molecule has 0 aliphatic carbocycles. The third-order valence-corrected chi connectivity index (χ3v) is 1.57. The maximum atomic E-state index is 8.55. The number of aliphatic hydroxyl groups excluding tert-OH is 1. The Morgan fingerprint density at radius 2 is 1.90 bits per heavy atom. The van der Waals surface area contributed by atoms with Gasteiger partial charge in [-0.25, -0.2) is 0 Å². The second-order valence-corrected chi connectivity index (χ2v) is 2.36. The zero-order chi connectivity index (χ0) is 7.40. The van der Waals surface area contributed by atoms with E-state index in [-0.39, 0.29) is 0 Å². The van der Waals surface area contributed by atoms with Gasteiger partial charge in [0, 0.05) is 4.91 Å². The average molecular weight is 152 g/mol. The minimum absolute atomic E-state index is 0.584. The predicted molar refractivity (Wildman–Crippen MR) is 46.0 cm³/mol. The molecule has 10 heavy (non-hydrogen) atoms. The second kappa shape index (κ2) is 3.32. The highest BCUT2D eigenvalue weighted by Gasteiger charge is 1.91. The smallest absolute Gasteiger partial charge is 0.0931 e. The quantitative estimate of drug-likeness (QED) is 0.468. The van der Waals surface area contributed by atoms with Crippen molar-refractivity contribution in [1.82, 2.24) is 0 Å². The lowest BCUT2D eigenvalue weighted by Gasteiger charge is -1.95. The Kier molecular flexibility index (Phi) is 2.40. The van der Waals surface area contributed by atoms with E-state index in [4.69, 9.17) is 5.11 Å². The van der Waals surface area contributed by atoms with Crippen LogP contribution in [0.1, 0.15) is 5.56 Å². The lowest BCUT2D eigenvalue weighted by Crippen LogP contribution is -1.73. The fourth-order valence-electron chi connectivity index (χ4n) is 0.683. The Hall–Kier alpha value is -0.890. The van der Waals surface area contributed by atoms with Gasteiger partial charge in [0.15, 0.2) is 0 Å². The number of benzene rings is 1. The molecule has 0 unspecified atom stereocenters. The van der Waals surface area contributed by atoms with E-state index < -0.39 is 0 Å². The number of hydrogen-bond acceptors (Lipinski definition) is 2. The van der Waals surface area contributed by atoms with E-state index in [1.54, 1.807) is 0 Å². The van der Waals surface area contributed by atoms with Crippen LogP contribution in [0.3, 0.4) is 0 Å². The van der Waals surface area contributed by atoms with Crippen LogP contribution in [0.4, 0.5) is 0 Å². The summed E-state index contributed by atoms with van der Waals surface area (Å²) in [5.74, 6) is 0. The summed E-state index contributed by atoms with van der Waals surface area (Å²) < 4.78 is 0. The summed E-state index contributed by atoms with van der Waals surface area (Å²) >= 11 is 4.03. The highest BCUT2D eigenvalue weighted by Crippen LogP contribution is 2.15. The van der Waals surface area contributed by atoms with E-state index in [9.17, 15) is 0 Å². The number of hydrogen-bond donors (Lipinski definition) is 2. The topological polar surface area (TPSA) is 20.2 Å². The minimum Gasteiger partial charge on any atom is -0.514 e. The molecule has 0 radical (unpaired) electrons. The van der Waals surface area contributed by atoms with Gasteiger partial charge in [-0.1, -0.05) is 30.3 Å². The van der Waals surface area contributed by atoms with E-state index in [0.29, 0.717) is 4.91 Å². The van der Waals surface area contributed by atoms with E-state index >= 15 is 0 Å². The molecule has 0 atom stereocenters. The van der Waals surface area contributed by atoms with Crippen molar-refractivity contribution in [2.24, 2.45) is 0 Å². The van der Waals surface area contributed by atoms with Crippen molar-refractivity contribution in [2.75, 3.05) is 0 Å². The third-order valence-electron chi connectivity index (χ3n) is 1.19. The Morgan fingerprint density at radius 3 is 2.40 bits per heavy atom. The van der Waals surface area contributed by atoms with Gasteiger partial charge in [0.1, 0.15) is 0 Å². The Balaban J connectivity index is 2.96. The summed E-state index contributed by atoms with van der Waals surface area (Å²) in [6, 6.07) is 9.48. The van der Waals surface area contributed by atoms with Crippen LogP contribution in [0.25, 0.3) is 4.91 Å². The van der Waals surface area contributed by atoms with E-state index in [0.717, 1.165) is 11.8 Å². The molecule has 1 N–H and O–H groups in total. The second-order valence-electron chi connectivity index (χ2n) is 1.88. The first-order valence-corrected chi connectivity index (χ1v) is 3.38. The van der Waals surface area contributed by atoms with Crippen LogP contribution in [0.2, 0.25) is 0 Å². The van der Waals surface area contributed by atoms with Gasteiger partial charge in [-0.05, 0) is 5.56 Å².